The Morgan fingerprint density at radius 1 is 1.42 bits per heavy atom. The molecule has 0 heterocycles. The monoisotopic (exact) mass is 266 g/mol. The van der Waals surface area contributed by atoms with E-state index in [0.717, 1.165) is 11.3 Å². The van der Waals surface area contributed by atoms with Gasteiger partial charge in [0.05, 0.1) is 0 Å². The van der Waals surface area contributed by atoms with Crippen LogP contribution in [0.5, 0.6) is 5.75 Å². The van der Waals surface area contributed by atoms with E-state index >= 15 is 0 Å². The Morgan fingerprint density at radius 3 is 2.89 bits per heavy atom. The van der Waals surface area contributed by atoms with Crippen LogP contribution in [0, 0.1) is 6.92 Å². The van der Waals surface area contributed by atoms with Crippen molar-refractivity contribution in [3.8, 4) is 5.75 Å². The summed E-state index contributed by atoms with van der Waals surface area (Å²) >= 11 is 0. The second-order valence-electron chi connectivity index (χ2n) is 4.47. The molecule has 0 aliphatic heterocycles. The van der Waals surface area contributed by atoms with Crippen molar-refractivity contribution < 1.29 is 14.6 Å². The molecule has 0 fully saturated rings. The van der Waals surface area contributed by atoms with Crippen molar-refractivity contribution in [3.63, 3.8) is 0 Å². The Labute approximate surface area is 114 Å². The molecule has 0 bridgehead atoms. The molecular formula is C14H22N2O3. The molecule has 0 aliphatic rings. The number of aliphatic hydroxyl groups excluding tert-OH is 1. The third-order valence-electron chi connectivity index (χ3n) is 2.49. The van der Waals surface area contributed by atoms with Gasteiger partial charge in [-0.05, 0) is 24.6 Å². The van der Waals surface area contributed by atoms with Crippen LogP contribution >= 0.6 is 0 Å². The SMILES string of the molecule is CC(=O)NCCNCC(O)COc1cccc(C)c1. The summed E-state index contributed by atoms with van der Waals surface area (Å²) in [5, 5.41) is 15.4. The van der Waals surface area contributed by atoms with Gasteiger partial charge in [0.2, 0.25) is 5.91 Å². The first-order chi connectivity index (χ1) is 9.08. The molecule has 1 aromatic carbocycles. The lowest BCUT2D eigenvalue weighted by Crippen LogP contribution is -2.36. The van der Waals surface area contributed by atoms with Crippen molar-refractivity contribution in [2.75, 3.05) is 26.2 Å². The van der Waals surface area contributed by atoms with Crippen LogP contribution in [0.1, 0.15) is 12.5 Å². The molecule has 0 radical (unpaired) electrons. The Kier molecular flexibility index (Phi) is 6.92. The van der Waals surface area contributed by atoms with Crippen molar-refractivity contribution >= 4 is 5.91 Å². The van der Waals surface area contributed by atoms with E-state index in [2.05, 4.69) is 10.6 Å². The van der Waals surface area contributed by atoms with Crippen molar-refractivity contribution in [2.24, 2.45) is 0 Å². The van der Waals surface area contributed by atoms with Crippen LogP contribution in [-0.4, -0.2) is 43.4 Å². The maximum atomic E-state index is 10.6. The number of amides is 1. The minimum Gasteiger partial charge on any atom is -0.491 e. The van der Waals surface area contributed by atoms with Crippen molar-refractivity contribution in [3.05, 3.63) is 29.8 Å². The molecule has 1 atom stereocenters. The molecule has 1 rings (SSSR count). The second-order valence-corrected chi connectivity index (χ2v) is 4.47. The Morgan fingerprint density at radius 2 is 2.21 bits per heavy atom. The molecule has 5 heteroatoms. The number of carbonyl (C=O) groups excluding carboxylic acids is 1. The summed E-state index contributed by atoms with van der Waals surface area (Å²) in [5.74, 6) is 0.711. The first-order valence-electron chi connectivity index (χ1n) is 6.40. The largest absolute Gasteiger partial charge is 0.491 e. The van der Waals surface area contributed by atoms with Gasteiger partial charge in [-0.2, -0.15) is 0 Å². The average molecular weight is 266 g/mol. The predicted molar refractivity (Wildman–Crippen MR) is 74.2 cm³/mol. The molecule has 5 nitrogen and oxygen atoms in total. The van der Waals surface area contributed by atoms with Gasteiger partial charge >= 0.3 is 0 Å². The smallest absolute Gasteiger partial charge is 0.216 e. The summed E-state index contributed by atoms with van der Waals surface area (Å²) in [6, 6.07) is 7.70. The van der Waals surface area contributed by atoms with E-state index in [0.29, 0.717) is 19.6 Å². The molecular weight excluding hydrogens is 244 g/mol. The van der Waals surface area contributed by atoms with Crippen molar-refractivity contribution in [2.45, 2.75) is 20.0 Å². The topological polar surface area (TPSA) is 70.6 Å². The van der Waals surface area contributed by atoms with E-state index in [4.69, 9.17) is 4.74 Å². The zero-order valence-corrected chi connectivity index (χ0v) is 11.5. The normalized spacial score (nSPS) is 11.9. The number of aryl methyl sites for hydroxylation is 1. The van der Waals surface area contributed by atoms with E-state index < -0.39 is 6.10 Å². The van der Waals surface area contributed by atoms with Gasteiger partial charge < -0.3 is 20.5 Å². The highest BCUT2D eigenvalue weighted by atomic mass is 16.5. The third-order valence-corrected chi connectivity index (χ3v) is 2.49. The average Bonchev–Trinajstić information content (AvgIpc) is 2.35. The summed E-state index contributed by atoms with van der Waals surface area (Å²) in [6.45, 7) is 5.33. The fraction of sp³-hybridized carbons (Fsp3) is 0.500. The quantitative estimate of drug-likeness (QED) is 0.598. The lowest BCUT2D eigenvalue weighted by molar-refractivity contribution is -0.118. The van der Waals surface area contributed by atoms with Gasteiger partial charge in [-0.15, -0.1) is 0 Å². The number of ether oxygens (including phenoxy) is 1. The third kappa shape index (κ3) is 7.43. The maximum absolute atomic E-state index is 10.6. The van der Waals surface area contributed by atoms with Crippen LogP contribution in [0.25, 0.3) is 0 Å². The van der Waals surface area contributed by atoms with Gasteiger partial charge in [0, 0.05) is 26.6 Å². The number of hydrogen-bond donors (Lipinski definition) is 3. The number of benzene rings is 1. The van der Waals surface area contributed by atoms with Crippen LogP contribution in [-0.2, 0) is 4.79 Å². The highest BCUT2D eigenvalue weighted by Gasteiger charge is 2.04. The molecule has 106 valence electrons. The lowest BCUT2D eigenvalue weighted by Gasteiger charge is -2.13. The summed E-state index contributed by atoms with van der Waals surface area (Å²) in [5.41, 5.74) is 1.13. The lowest BCUT2D eigenvalue weighted by atomic mass is 10.2. The minimum absolute atomic E-state index is 0.0508. The first-order valence-corrected chi connectivity index (χ1v) is 6.40. The molecule has 3 N–H and O–H groups in total. The summed E-state index contributed by atoms with van der Waals surface area (Å²) < 4.78 is 5.48. The van der Waals surface area contributed by atoms with Crippen molar-refractivity contribution in [1.82, 2.24) is 10.6 Å². The van der Waals surface area contributed by atoms with Gasteiger partial charge in [0.15, 0.2) is 0 Å². The van der Waals surface area contributed by atoms with Crippen LogP contribution in [0.15, 0.2) is 24.3 Å². The first kappa shape index (κ1) is 15.5. The van der Waals surface area contributed by atoms with E-state index in [-0.39, 0.29) is 12.5 Å². The fourth-order valence-electron chi connectivity index (χ4n) is 1.55. The van der Waals surface area contributed by atoms with Gasteiger partial charge in [0.25, 0.3) is 0 Å². The Balaban J connectivity index is 2.11. The minimum atomic E-state index is -0.571. The van der Waals surface area contributed by atoms with Gasteiger partial charge in [0.1, 0.15) is 18.5 Å². The molecule has 0 aliphatic carbocycles. The molecule has 0 spiro atoms. The highest BCUT2D eigenvalue weighted by molar-refractivity contribution is 5.72. The van der Waals surface area contributed by atoms with E-state index in [9.17, 15) is 9.90 Å². The Bertz CT molecular complexity index is 396. The number of carbonyl (C=O) groups is 1. The van der Waals surface area contributed by atoms with E-state index in [1.165, 1.54) is 6.92 Å². The van der Waals surface area contributed by atoms with Crippen molar-refractivity contribution in [1.29, 1.82) is 0 Å². The standard InChI is InChI=1S/C14H22N2O3/c1-11-4-3-5-14(8-11)19-10-13(18)9-15-6-7-16-12(2)17/h3-5,8,13,15,18H,6-7,9-10H2,1-2H3,(H,16,17). The number of rotatable bonds is 8. The van der Waals surface area contributed by atoms with E-state index in [1.807, 2.05) is 31.2 Å². The predicted octanol–water partition coefficient (Wildman–Crippen LogP) is 0.460. The number of hydrogen-bond acceptors (Lipinski definition) is 4. The zero-order chi connectivity index (χ0) is 14.1. The molecule has 0 saturated carbocycles. The maximum Gasteiger partial charge on any atom is 0.216 e. The molecule has 0 saturated heterocycles. The van der Waals surface area contributed by atoms with Crippen LogP contribution in [0.4, 0.5) is 0 Å². The number of nitrogens with one attached hydrogen (secondary N) is 2. The summed E-state index contributed by atoms with van der Waals surface area (Å²) in [7, 11) is 0. The highest BCUT2D eigenvalue weighted by Crippen LogP contribution is 2.12. The van der Waals surface area contributed by atoms with E-state index in [1.54, 1.807) is 0 Å². The van der Waals surface area contributed by atoms with Crippen LogP contribution < -0.4 is 15.4 Å². The molecule has 19 heavy (non-hydrogen) atoms. The molecule has 1 aromatic rings. The van der Waals surface area contributed by atoms with Gasteiger partial charge in [-0.3, -0.25) is 4.79 Å². The Hall–Kier alpha value is -1.59. The molecule has 0 aromatic heterocycles. The van der Waals surface area contributed by atoms with Crippen LogP contribution in [0.3, 0.4) is 0 Å². The van der Waals surface area contributed by atoms with Gasteiger partial charge in [-0.25, -0.2) is 0 Å². The zero-order valence-electron chi connectivity index (χ0n) is 11.5. The molecule has 1 amide bonds. The number of aliphatic hydroxyl groups is 1. The second kappa shape index (κ2) is 8.50. The molecule has 1 unspecified atom stereocenters. The van der Waals surface area contributed by atoms with Gasteiger partial charge in [-0.1, -0.05) is 12.1 Å². The summed E-state index contributed by atoms with van der Waals surface area (Å²) in [6.07, 6.45) is -0.571. The summed E-state index contributed by atoms with van der Waals surface area (Å²) in [4.78, 5) is 10.6. The van der Waals surface area contributed by atoms with Crippen LogP contribution in [0.2, 0.25) is 0 Å². The fourth-order valence-corrected chi connectivity index (χ4v) is 1.55.